The van der Waals surface area contributed by atoms with Crippen LogP contribution in [0.2, 0.25) is 0 Å². The topological polar surface area (TPSA) is 49.8 Å². The molecule has 1 N–H and O–H groups in total. The van der Waals surface area contributed by atoms with Gasteiger partial charge in [0.25, 0.3) is 0 Å². The fourth-order valence-corrected chi connectivity index (χ4v) is 4.13. The van der Waals surface area contributed by atoms with Gasteiger partial charge in [0.15, 0.2) is 0 Å². The van der Waals surface area contributed by atoms with Gasteiger partial charge in [-0.15, -0.1) is 5.06 Å². The van der Waals surface area contributed by atoms with Gasteiger partial charge < -0.3 is 9.94 Å². The summed E-state index contributed by atoms with van der Waals surface area (Å²) in [6.07, 6.45) is 1.74. The second kappa shape index (κ2) is 11.3. The molecule has 4 nitrogen and oxygen atoms in total. The minimum atomic E-state index is -0.128. The molecule has 1 aliphatic rings. The van der Waals surface area contributed by atoms with Crippen LogP contribution in [0.4, 0.5) is 0 Å². The zero-order valence-electron chi connectivity index (χ0n) is 20.0. The monoisotopic (exact) mass is 425 g/mol. The summed E-state index contributed by atoms with van der Waals surface area (Å²) in [5.74, 6) is 0.914. The van der Waals surface area contributed by atoms with Crippen LogP contribution in [0.15, 0.2) is 54.6 Å². The summed E-state index contributed by atoms with van der Waals surface area (Å²) in [6.45, 7) is 14.1. The van der Waals surface area contributed by atoms with Gasteiger partial charge in [-0.1, -0.05) is 82.6 Å². The predicted octanol–water partition coefficient (Wildman–Crippen LogP) is 6.13. The standard InChI is InChI=1S/C20H31NO3.C7H8/c1-14(2)11-15(3)19(23)24-21-10-9-20(5,16(4)13-21)17-7-6-8-18(22)12-17;1-7-5-3-2-4-6-7/h6-8,12,14-16,22H,9-11,13H2,1-5H3;2-6H,1H3. The van der Waals surface area contributed by atoms with Gasteiger partial charge in [0.05, 0.1) is 5.92 Å². The number of aryl methyl sites for hydroxylation is 1. The SMILES string of the molecule is CC(C)CC(C)C(=O)ON1CCC(C)(c2cccc(O)c2)C(C)C1.Cc1ccccc1. The van der Waals surface area contributed by atoms with Crippen molar-refractivity contribution in [2.45, 2.75) is 59.8 Å². The lowest BCUT2D eigenvalue weighted by atomic mass is 9.68. The highest BCUT2D eigenvalue weighted by Gasteiger charge is 2.39. The lowest BCUT2D eigenvalue weighted by molar-refractivity contribution is -0.207. The fraction of sp³-hybridized carbons (Fsp3) is 0.519. The van der Waals surface area contributed by atoms with Gasteiger partial charge in [0.1, 0.15) is 5.75 Å². The first kappa shape index (κ1) is 24.9. The van der Waals surface area contributed by atoms with Gasteiger partial charge in [-0.2, -0.15) is 0 Å². The van der Waals surface area contributed by atoms with Crippen molar-refractivity contribution in [2.75, 3.05) is 13.1 Å². The van der Waals surface area contributed by atoms with E-state index in [4.69, 9.17) is 4.84 Å². The summed E-state index contributed by atoms with van der Waals surface area (Å²) < 4.78 is 0. The smallest absolute Gasteiger partial charge is 0.327 e. The average molecular weight is 426 g/mol. The maximum absolute atomic E-state index is 12.2. The quantitative estimate of drug-likeness (QED) is 0.626. The zero-order valence-corrected chi connectivity index (χ0v) is 20.0. The number of hydroxylamine groups is 2. The Morgan fingerprint density at radius 1 is 1.16 bits per heavy atom. The third-order valence-electron chi connectivity index (χ3n) is 6.34. The minimum absolute atomic E-state index is 0.0226. The van der Waals surface area contributed by atoms with Crippen LogP contribution in [-0.2, 0) is 15.0 Å². The van der Waals surface area contributed by atoms with Crippen LogP contribution < -0.4 is 0 Å². The highest BCUT2D eigenvalue weighted by atomic mass is 16.7. The van der Waals surface area contributed by atoms with Crippen molar-refractivity contribution in [1.29, 1.82) is 0 Å². The largest absolute Gasteiger partial charge is 0.508 e. The molecule has 0 spiro atoms. The molecule has 3 unspecified atom stereocenters. The molecule has 3 rings (SSSR count). The van der Waals surface area contributed by atoms with Gasteiger partial charge in [-0.3, -0.25) is 4.79 Å². The summed E-state index contributed by atoms with van der Waals surface area (Å²) in [5, 5.41) is 11.6. The van der Waals surface area contributed by atoms with Crippen LogP contribution in [0.3, 0.4) is 0 Å². The Morgan fingerprint density at radius 3 is 2.35 bits per heavy atom. The number of aromatic hydroxyl groups is 1. The number of benzene rings is 2. The van der Waals surface area contributed by atoms with Crippen molar-refractivity contribution in [2.24, 2.45) is 17.8 Å². The van der Waals surface area contributed by atoms with E-state index in [-0.39, 0.29) is 17.3 Å². The van der Waals surface area contributed by atoms with Crippen molar-refractivity contribution in [3.05, 3.63) is 65.7 Å². The van der Waals surface area contributed by atoms with E-state index in [1.807, 2.05) is 42.3 Å². The van der Waals surface area contributed by atoms with Gasteiger partial charge in [0.2, 0.25) is 0 Å². The molecule has 1 heterocycles. The molecule has 0 radical (unpaired) electrons. The number of hydrogen-bond acceptors (Lipinski definition) is 4. The van der Waals surface area contributed by atoms with Crippen molar-refractivity contribution in [3.63, 3.8) is 0 Å². The van der Waals surface area contributed by atoms with Gasteiger partial charge >= 0.3 is 5.97 Å². The van der Waals surface area contributed by atoms with E-state index in [2.05, 4.69) is 52.8 Å². The van der Waals surface area contributed by atoms with Crippen LogP contribution in [0, 0.1) is 24.7 Å². The van der Waals surface area contributed by atoms with Gasteiger partial charge in [-0.25, -0.2) is 0 Å². The van der Waals surface area contributed by atoms with E-state index in [1.54, 1.807) is 6.07 Å². The molecule has 2 aromatic rings. The molecule has 0 amide bonds. The number of carbonyl (C=O) groups excluding carboxylic acids is 1. The molecule has 1 fully saturated rings. The second-order valence-corrected chi connectivity index (χ2v) is 9.60. The number of carbonyl (C=O) groups is 1. The lowest BCUT2D eigenvalue weighted by Crippen LogP contribution is -2.48. The van der Waals surface area contributed by atoms with Crippen LogP contribution >= 0.6 is 0 Å². The Kier molecular flexibility index (Phi) is 9.12. The number of rotatable bonds is 5. The summed E-state index contributed by atoms with van der Waals surface area (Å²) >= 11 is 0. The lowest BCUT2D eigenvalue weighted by Gasteiger charge is -2.44. The van der Waals surface area contributed by atoms with Crippen molar-refractivity contribution < 1.29 is 14.7 Å². The molecule has 4 heteroatoms. The number of hydrogen-bond donors (Lipinski definition) is 1. The van der Waals surface area contributed by atoms with Crippen molar-refractivity contribution >= 4 is 5.97 Å². The molecule has 31 heavy (non-hydrogen) atoms. The van der Waals surface area contributed by atoms with E-state index >= 15 is 0 Å². The molecule has 0 aliphatic carbocycles. The van der Waals surface area contributed by atoms with E-state index in [1.165, 1.54) is 5.56 Å². The van der Waals surface area contributed by atoms with E-state index in [0.29, 0.717) is 24.1 Å². The summed E-state index contributed by atoms with van der Waals surface area (Å²) in [7, 11) is 0. The first-order chi connectivity index (χ1) is 14.6. The highest BCUT2D eigenvalue weighted by Crippen LogP contribution is 2.40. The van der Waals surface area contributed by atoms with E-state index in [9.17, 15) is 9.90 Å². The number of nitrogens with zero attached hydrogens (tertiary/aromatic N) is 1. The van der Waals surface area contributed by atoms with E-state index < -0.39 is 0 Å². The molecule has 170 valence electrons. The van der Waals surface area contributed by atoms with E-state index in [0.717, 1.165) is 24.9 Å². The Labute approximate surface area is 188 Å². The maximum Gasteiger partial charge on any atom is 0.327 e. The normalized spacial score (nSPS) is 22.4. The molecule has 2 aromatic carbocycles. The third kappa shape index (κ3) is 7.39. The third-order valence-corrected chi connectivity index (χ3v) is 6.34. The van der Waals surface area contributed by atoms with Gasteiger partial charge in [-0.05, 0) is 54.7 Å². The minimum Gasteiger partial charge on any atom is -0.508 e. The molecule has 0 bridgehead atoms. The fourth-order valence-electron chi connectivity index (χ4n) is 4.13. The Bertz CT molecular complexity index is 820. The molecular formula is C27H39NO3. The van der Waals surface area contributed by atoms with Crippen LogP contribution in [0.5, 0.6) is 5.75 Å². The zero-order chi connectivity index (χ0) is 23.0. The molecule has 3 atom stereocenters. The maximum atomic E-state index is 12.2. The molecular weight excluding hydrogens is 386 g/mol. The average Bonchev–Trinajstić information content (AvgIpc) is 2.71. The van der Waals surface area contributed by atoms with Gasteiger partial charge in [0, 0.05) is 13.1 Å². The second-order valence-electron chi connectivity index (χ2n) is 9.60. The molecule has 1 aliphatic heterocycles. The molecule has 0 saturated carbocycles. The first-order valence-electron chi connectivity index (χ1n) is 11.4. The highest BCUT2D eigenvalue weighted by molar-refractivity contribution is 5.71. The summed E-state index contributed by atoms with van der Waals surface area (Å²) in [6, 6.07) is 17.8. The Morgan fingerprint density at radius 2 is 1.84 bits per heavy atom. The number of phenolic OH excluding ortho intramolecular Hbond substituents is 1. The van der Waals surface area contributed by atoms with Crippen molar-refractivity contribution in [1.82, 2.24) is 5.06 Å². The number of piperidine rings is 1. The first-order valence-corrected chi connectivity index (χ1v) is 11.4. The molecule has 1 saturated heterocycles. The Hall–Kier alpha value is -2.33. The number of phenols is 1. The predicted molar refractivity (Wildman–Crippen MR) is 127 cm³/mol. The summed E-state index contributed by atoms with van der Waals surface area (Å²) in [5.41, 5.74) is 2.45. The van der Waals surface area contributed by atoms with Crippen LogP contribution in [-0.4, -0.2) is 29.2 Å². The Balaban J connectivity index is 0.000000412. The van der Waals surface area contributed by atoms with Crippen LogP contribution in [0.25, 0.3) is 0 Å². The summed E-state index contributed by atoms with van der Waals surface area (Å²) in [4.78, 5) is 17.9. The molecule has 0 aromatic heterocycles. The van der Waals surface area contributed by atoms with Crippen molar-refractivity contribution in [3.8, 4) is 5.75 Å². The van der Waals surface area contributed by atoms with Crippen LogP contribution in [0.1, 0.15) is 58.6 Å².